The van der Waals surface area contributed by atoms with Gasteiger partial charge < -0.3 is 28.9 Å². The molecule has 3 unspecified atom stereocenters. The van der Waals surface area contributed by atoms with E-state index in [2.05, 4.69) is 184 Å². The molecule has 9 aromatic heterocycles. The average molecular weight is 1770 g/mol. The van der Waals surface area contributed by atoms with Gasteiger partial charge in [-0.15, -0.1) is 15.3 Å². The summed E-state index contributed by atoms with van der Waals surface area (Å²) in [6.45, 7) is 47.9. The lowest BCUT2D eigenvalue weighted by atomic mass is 9.78. The maximum atomic E-state index is 13.6. The van der Waals surface area contributed by atoms with Gasteiger partial charge in [0.15, 0.2) is 17.5 Å². The van der Waals surface area contributed by atoms with Crippen LogP contribution in [-0.2, 0) is 51.2 Å². The normalized spacial score (nSPS) is 19.6. The van der Waals surface area contributed by atoms with E-state index in [0.717, 1.165) is 57.8 Å². The fourth-order valence-corrected chi connectivity index (χ4v) is 19.6. The first-order valence-corrected chi connectivity index (χ1v) is 46.5. The fourth-order valence-electron chi connectivity index (χ4n) is 16.0. The Balaban J connectivity index is 0.000000169. The first-order chi connectivity index (χ1) is 56.9. The van der Waals surface area contributed by atoms with Crippen LogP contribution in [0.2, 0.25) is 0 Å². The molecule has 3 atom stereocenters. The maximum Gasteiger partial charge on any atom is 0.268 e. The highest BCUT2D eigenvalue weighted by atomic mass is 32.2. The van der Waals surface area contributed by atoms with Crippen molar-refractivity contribution in [3.63, 3.8) is 0 Å². The number of aromatic nitrogens is 15. The van der Waals surface area contributed by atoms with E-state index in [9.17, 15) is 39.6 Å². The topological polar surface area (TPSA) is 373 Å². The van der Waals surface area contributed by atoms with Gasteiger partial charge >= 0.3 is 0 Å². The number of carbonyl (C=O) groups excluding carboxylic acids is 3. The molecule has 3 amide bonds. The number of anilines is 3. The standard InChI is InChI=1S/3C29H41N7O4S.CH4/c3*1-19-22(17-34(8)31-19)41(38,39)33-26(37)21-9-10-23(36-14-11-24(32-36)40-18-29(7)12-13-29)30-25(21)35-16-20(27(2,3)4)15-28(35,5)6;/h3*9-11,14,17,20H,12-13,15-16,18H2,1-8H3,(H,33,37);1H4. The molecule has 6 aliphatic rings. The molecule has 3 saturated heterocycles. The second kappa shape index (κ2) is 33.3. The molecular weight excluding hydrogens is 1640 g/mol. The smallest absolute Gasteiger partial charge is 0.268 e. The number of hydrogen-bond acceptors (Lipinski definition) is 24. The van der Waals surface area contributed by atoms with E-state index in [1.165, 1.54) is 32.6 Å². The minimum atomic E-state index is -4.16. The average Bonchev–Trinajstić information content (AvgIpc) is 1.68. The van der Waals surface area contributed by atoms with Gasteiger partial charge in [-0.05, 0) is 190 Å². The third kappa shape index (κ3) is 20.8. The fraction of sp³-hybridized carbons (Fsp3) is 0.591. The Morgan fingerprint density at radius 1 is 0.387 bits per heavy atom. The van der Waals surface area contributed by atoms with Crippen molar-refractivity contribution in [3.05, 3.63) is 126 Å². The largest absolute Gasteiger partial charge is 0.476 e. The van der Waals surface area contributed by atoms with Crippen LogP contribution < -0.4 is 43.1 Å². The van der Waals surface area contributed by atoms with Crippen molar-refractivity contribution < 1.29 is 53.8 Å². The van der Waals surface area contributed by atoms with E-state index in [4.69, 9.17) is 29.2 Å². The summed E-state index contributed by atoms with van der Waals surface area (Å²) in [5.74, 6) is 3.06. The lowest BCUT2D eigenvalue weighted by Crippen LogP contribution is -2.41. The summed E-state index contributed by atoms with van der Waals surface area (Å²) >= 11 is 0. The van der Waals surface area contributed by atoms with Crippen LogP contribution in [0.5, 0.6) is 17.6 Å². The molecule has 0 aromatic carbocycles. The van der Waals surface area contributed by atoms with Crippen molar-refractivity contribution in [2.45, 2.75) is 242 Å². The van der Waals surface area contributed by atoms with Crippen molar-refractivity contribution in [3.8, 4) is 35.1 Å². The van der Waals surface area contributed by atoms with Gasteiger partial charge in [0.25, 0.3) is 47.8 Å². The number of rotatable bonds is 24. The van der Waals surface area contributed by atoms with E-state index < -0.39 is 47.8 Å². The Bertz CT molecular complexity index is 5300. The van der Waals surface area contributed by atoms with Crippen molar-refractivity contribution in [2.75, 3.05) is 54.2 Å². The van der Waals surface area contributed by atoms with Gasteiger partial charge in [0.1, 0.15) is 32.1 Å². The van der Waals surface area contributed by atoms with E-state index in [0.29, 0.717) is 127 Å². The van der Waals surface area contributed by atoms with Crippen LogP contribution in [-0.4, -0.2) is 173 Å². The number of amides is 3. The molecule has 33 nitrogen and oxygen atoms in total. The highest BCUT2D eigenvalue weighted by Gasteiger charge is 2.49. The van der Waals surface area contributed by atoms with Crippen molar-refractivity contribution in [1.29, 1.82) is 0 Å². The molecular formula is C88H127N21O12S3. The van der Waals surface area contributed by atoms with Crippen LogP contribution in [0.15, 0.2) is 106 Å². The summed E-state index contributed by atoms with van der Waals surface area (Å²) in [7, 11) is -7.57. The van der Waals surface area contributed by atoms with Crippen LogP contribution >= 0.6 is 0 Å². The van der Waals surface area contributed by atoms with Crippen LogP contribution in [0, 0.1) is 71.0 Å². The Kier molecular flexibility index (Phi) is 24.9. The molecule has 9 aromatic rings. The second-order valence-electron chi connectivity index (χ2n) is 40.8. The van der Waals surface area contributed by atoms with E-state index >= 15 is 0 Å². The zero-order valence-electron chi connectivity index (χ0n) is 75.7. The SMILES string of the molecule is C.Cc1nn(C)cc1S(=O)(=O)NC(=O)c1ccc(-n2ccc(OCC3(C)CC3)n2)nc1N1CC(C(C)(C)C)CC1(C)C.Cc1nn(C)cc1S(=O)(=O)NC(=O)c1ccc(-n2ccc(OCC3(C)CC3)n2)nc1N1CC(C(C)(C)C)CC1(C)C.Cc1nn(C)cc1S(=O)(=O)NC(=O)c1ccc(-n2ccc(OCC3(C)CC3)n2)nc1N1CC(C(C)(C)C)CC1(C)C. The van der Waals surface area contributed by atoms with Crippen molar-refractivity contribution >= 4 is 65.2 Å². The number of aryl methyl sites for hydroxylation is 6. The zero-order chi connectivity index (χ0) is 89.9. The monoisotopic (exact) mass is 1770 g/mol. The van der Waals surface area contributed by atoms with Gasteiger partial charge in [-0.3, -0.25) is 28.4 Å². The first kappa shape index (κ1) is 92.9. The van der Waals surface area contributed by atoms with Crippen LogP contribution in [0.3, 0.4) is 0 Å². The van der Waals surface area contributed by atoms with E-state index in [1.807, 2.05) is 0 Å². The molecule has 0 bridgehead atoms. The highest BCUT2D eigenvalue weighted by molar-refractivity contribution is 7.90. The molecule has 6 fully saturated rings. The van der Waals surface area contributed by atoms with Crippen LogP contribution in [0.25, 0.3) is 17.5 Å². The summed E-state index contributed by atoms with van der Waals surface area (Å²) < 4.78 is 113. The van der Waals surface area contributed by atoms with Crippen molar-refractivity contribution in [1.82, 2.24) is 87.8 Å². The molecule has 12 heterocycles. The zero-order valence-corrected chi connectivity index (χ0v) is 78.1. The highest BCUT2D eigenvalue weighted by Crippen LogP contribution is 2.50. The van der Waals surface area contributed by atoms with Gasteiger partial charge in [0.05, 0.1) is 53.6 Å². The molecule has 674 valence electrons. The molecule has 15 rings (SSSR count). The molecule has 124 heavy (non-hydrogen) atoms. The third-order valence-electron chi connectivity index (χ3n) is 25.3. The van der Waals surface area contributed by atoms with Gasteiger partial charge in [-0.2, -0.15) is 15.3 Å². The maximum absolute atomic E-state index is 13.6. The molecule has 36 heteroatoms. The summed E-state index contributed by atoms with van der Waals surface area (Å²) in [5, 5.41) is 26.0. The molecule has 0 spiro atoms. The number of carbonyl (C=O) groups is 3. The molecule has 0 radical (unpaired) electrons. The van der Waals surface area contributed by atoms with Crippen LogP contribution in [0.4, 0.5) is 17.5 Å². The molecule has 3 aliphatic carbocycles. The summed E-state index contributed by atoms with van der Waals surface area (Å²) in [6, 6.07) is 15.3. The van der Waals surface area contributed by atoms with Gasteiger partial charge in [-0.1, -0.05) is 90.5 Å². The number of nitrogens with zero attached hydrogens (tertiary/aromatic N) is 18. The number of sulfonamides is 3. The Hall–Kier alpha value is -10.2. The van der Waals surface area contributed by atoms with Crippen LogP contribution in [0.1, 0.15) is 238 Å². The second-order valence-corrected chi connectivity index (χ2v) is 45.8. The Labute approximate surface area is 730 Å². The third-order valence-corrected chi connectivity index (χ3v) is 29.6. The number of nitrogens with one attached hydrogen (secondary N) is 3. The summed E-state index contributed by atoms with van der Waals surface area (Å²) in [4.78, 5) is 61.9. The summed E-state index contributed by atoms with van der Waals surface area (Å²) in [6.07, 6.45) is 19.1. The summed E-state index contributed by atoms with van der Waals surface area (Å²) in [5.41, 5.74) is 1.27. The lowest BCUT2D eigenvalue weighted by Gasteiger charge is -2.34. The molecule has 3 N–H and O–H groups in total. The van der Waals surface area contributed by atoms with E-state index in [1.54, 1.807) is 129 Å². The quantitative estimate of drug-likeness (QED) is 0.0506. The predicted octanol–water partition coefficient (Wildman–Crippen LogP) is 13.4. The lowest BCUT2D eigenvalue weighted by molar-refractivity contribution is 0.0972. The Morgan fingerprint density at radius 3 is 0.815 bits per heavy atom. The molecule has 3 aliphatic heterocycles. The van der Waals surface area contributed by atoms with E-state index in [-0.39, 0.29) is 87.9 Å². The number of pyridine rings is 3. The Morgan fingerprint density at radius 2 is 0.621 bits per heavy atom. The van der Waals surface area contributed by atoms with Gasteiger partial charge in [0, 0.05) is 129 Å². The minimum absolute atomic E-state index is 0. The predicted molar refractivity (Wildman–Crippen MR) is 474 cm³/mol. The number of hydrogen-bond donors (Lipinski definition) is 3. The molecule has 3 saturated carbocycles. The number of ether oxygens (including phenoxy) is 3. The first-order valence-electron chi connectivity index (χ1n) is 42.1. The minimum Gasteiger partial charge on any atom is -0.476 e. The van der Waals surface area contributed by atoms with Gasteiger partial charge in [0.2, 0.25) is 17.6 Å². The van der Waals surface area contributed by atoms with Crippen molar-refractivity contribution in [2.24, 2.45) is 71.4 Å². The van der Waals surface area contributed by atoms with Gasteiger partial charge in [-0.25, -0.2) is 68.4 Å².